The largest absolute Gasteiger partial charge is 0.465 e. The lowest BCUT2D eigenvalue weighted by Gasteiger charge is -2.40. The lowest BCUT2D eigenvalue weighted by atomic mass is 9.77. The third kappa shape index (κ3) is 3.22. The standard InChI is InChI=1S/C25H34O3Si2/c1-15-16(25(26)27-2)13-14-19(29(3,4)5)20(15)21-22-17-11-9-10-12-18(17)23(28-22)24(21)30(6,7)8/h9-14,21-24H,1-8H3. The molecule has 4 rings (SSSR count). The number of carbonyl (C=O) groups excluding carboxylic acids is 1. The van der Waals surface area contributed by atoms with Gasteiger partial charge in [-0.05, 0) is 40.8 Å². The normalized spacial score (nSPS) is 25.3. The van der Waals surface area contributed by atoms with E-state index in [1.165, 1.54) is 29.0 Å². The molecule has 0 aliphatic carbocycles. The van der Waals surface area contributed by atoms with Crippen molar-refractivity contribution in [3.8, 4) is 0 Å². The predicted molar refractivity (Wildman–Crippen MR) is 128 cm³/mol. The molecule has 2 aromatic rings. The number of esters is 1. The minimum absolute atomic E-state index is 0.0737. The summed E-state index contributed by atoms with van der Waals surface area (Å²) in [6.45, 7) is 16.7. The molecule has 5 heteroatoms. The van der Waals surface area contributed by atoms with Gasteiger partial charge < -0.3 is 9.47 Å². The highest BCUT2D eigenvalue weighted by molar-refractivity contribution is 6.89. The first-order valence-corrected chi connectivity index (χ1v) is 18.0. The van der Waals surface area contributed by atoms with Gasteiger partial charge in [-0.2, -0.15) is 0 Å². The Morgan fingerprint density at radius 2 is 1.53 bits per heavy atom. The van der Waals surface area contributed by atoms with E-state index in [-0.39, 0.29) is 18.2 Å². The first-order valence-electron chi connectivity index (χ1n) is 10.9. The van der Waals surface area contributed by atoms with E-state index in [0.717, 1.165) is 5.56 Å². The monoisotopic (exact) mass is 438 g/mol. The van der Waals surface area contributed by atoms with E-state index in [0.29, 0.717) is 17.0 Å². The van der Waals surface area contributed by atoms with Crippen molar-refractivity contribution in [2.24, 2.45) is 0 Å². The van der Waals surface area contributed by atoms with Crippen LogP contribution in [0.2, 0.25) is 44.8 Å². The van der Waals surface area contributed by atoms with Crippen LogP contribution >= 0.6 is 0 Å². The molecule has 0 aromatic heterocycles. The van der Waals surface area contributed by atoms with Gasteiger partial charge in [-0.1, -0.05) is 74.8 Å². The van der Waals surface area contributed by atoms with Crippen LogP contribution < -0.4 is 5.19 Å². The van der Waals surface area contributed by atoms with Gasteiger partial charge in [-0.25, -0.2) is 4.79 Å². The number of carbonyl (C=O) groups is 1. The van der Waals surface area contributed by atoms with Gasteiger partial charge in [0.1, 0.15) is 0 Å². The van der Waals surface area contributed by atoms with Gasteiger partial charge in [0.05, 0.1) is 41.0 Å². The molecule has 2 aliphatic heterocycles. The number of ether oxygens (including phenoxy) is 2. The molecule has 0 radical (unpaired) electrons. The van der Waals surface area contributed by atoms with Crippen molar-refractivity contribution in [1.29, 1.82) is 0 Å². The van der Waals surface area contributed by atoms with E-state index in [1.807, 2.05) is 6.07 Å². The smallest absolute Gasteiger partial charge is 0.338 e. The van der Waals surface area contributed by atoms with Gasteiger partial charge in [0.2, 0.25) is 0 Å². The minimum atomic E-state index is -1.64. The molecule has 2 aliphatic rings. The Morgan fingerprint density at radius 1 is 0.933 bits per heavy atom. The van der Waals surface area contributed by atoms with Gasteiger partial charge in [-0.3, -0.25) is 0 Å². The lowest BCUT2D eigenvalue weighted by Crippen LogP contribution is -2.44. The number of fused-ring (bicyclic) bond motifs is 5. The van der Waals surface area contributed by atoms with Crippen LogP contribution in [-0.4, -0.2) is 29.2 Å². The zero-order valence-corrected chi connectivity index (χ0v) is 21.5. The fourth-order valence-electron chi connectivity index (χ4n) is 5.73. The van der Waals surface area contributed by atoms with Crippen molar-refractivity contribution in [2.45, 2.75) is 69.9 Å². The number of rotatable bonds is 4. The van der Waals surface area contributed by atoms with Gasteiger partial charge in [0.25, 0.3) is 0 Å². The van der Waals surface area contributed by atoms with E-state index in [9.17, 15) is 4.79 Å². The molecule has 2 bridgehead atoms. The molecule has 30 heavy (non-hydrogen) atoms. The zero-order chi connectivity index (χ0) is 22.0. The van der Waals surface area contributed by atoms with Crippen LogP contribution in [0.3, 0.4) is 0 Å². The van der Waals surface area contributed by atoms with E-state index in [2.05, 4.69) is 76.5 Å². The van der Waals surface area contributed by atoms with Crippen molar-refractivity contribution >= 4 is 27.3 Å². The SMILES string of the molecule is COC(=O)c1ccc([Si](C)(C)C)c(C2C3OC(c4ccccc43)C2[Si](C)(C)C)c1C. The van der Waals surface area contributed by atoms with Crippen LogP contribution in [0.5, 0.6) is 0 Å². The summed E-state index contributed by atoms with van der Waals surface area (Å²) in [7, 11) is -1.75. The highest BCUT2D eigenvalue weighted by Gasteiger charge is 2.57. The van der Waals surface area contributed by atoms with Gasteiger partial charge in [-0.15, -0.1) is 0 Å². The van der Waals surface area contributed by atoms with Crippen molar-refractivity contribution < 1.29 is 14.3 Å². The molecule has 1 saturated heterocycles. The van der Waals surface area contributed by atoms with E-state index in [4.69, 9.17) is 9.47 Å². The van der Waals surface area contributed by atoms with Crippen LogP contribution in [0.4, 0.5) is 0 Å². The van der Waals surface area contributed by atoms with Crippen molar-refractivity contribution in [1.82, 2.24) is 0 Å². The van der Waals surface area contributed by atoms with Crippen LogP contribution in [0, 0.1) is 6.92 Å². The Labute approximate surface area is 182 Å². The van der Waals surface area contributed by atoms with E-state index >= 15 is 0 Å². The summed E-state index contributed by atoms with van der Waals surface area (Å²) in [6, 6.07) is 12.9. The van der Waals surface area contributed by atoms with Gasteiger partial charge in [0, 0.05) is 5.92 Å². The number of methoxy groups -OCH3 is 1. The molecule has 1 fully saturated rings. The van der Waals surface area contributed by atoms with Crippen LogP contribution in [-0.2, 0) is 9.47 Å². The zero-order valence-electron chi connectivity index (χ0n) is 19.5. The molecule has 3 nitrogen and oxygen atoms in total. The number of benzene rings is 2. The fourth-order valence-corrected chi connectivity index (χ4v) is 10.1. The molecular formula is C25H34O3Si2. The van der Waals surface area contributed by atoms with Crippen molar-refractivity contribution in [3.63, 3.8) is 0 Å². The minimum Gasteiger partial charge on any atom is -0.465 e. The summed E-state index contributed by atoms with van der Waals surface area (Å²) in [5, 5.41) is 1.45. The predicted octanol–water partition coefficient (Wildman–Crippen LogP) is 5.95. The Kier molecular flexibility index (Phi) is 5.15. The third-order valence-corrected chi connectivity index (χ3v) is 11.7. The van der Waals surface area contributed by atoms with E-state index in [1.54, 1.807) is 0 Å². The second-order valence-electron chi connectivity index (χ2n) is 11.0. The molecule has 0 spiro atoms. The van der Waals surface area contributed by atoms with E-state index < -0.39 is 16.1 Å². The summed E-state index contributed by atoms with van der Waals surface area (Å²) in [4.78, 5) is 12.6. The molecule has 0 saturated carbocycles. The lowest BCUT2D eigenvalue weighted by molar-refractivity contribution is 0.0598. The molecule has 2 heterocycles. The van der Waals surface area contributed by atoms with Crippen LogP contribution in [0.1, 0.15) is 50.7 Å². The first-order chi connectivity index (χ1) is 14.0. The molecular weight excluding hydrogens is 404 g/mol. The van der Waals surface area contributed by atoms with Gasteiger partial charge >= 0.3 is 5.97 Å². The topological polar surface area (TPSA) is 35.5 Å². The van der Waals surface area contributed by atoms with Crippen LogP contribution in [0.25, 0.3) is 0 Å². The number of hydrogen-bond acceptors (Lipinski definition) is 3. The highest BCUT2D eigenvalue weighted by atomic mass is 28.3. The third-order valence-electron chi connectivity index (χ3n) is 7.00. The Morgan fingerprint density at radius 3 is 2.07 bits per heavy atom. The quantitative estimate of drug-likeness (QED) is 0.437. The molecule has 2 aromatic carbocycles. The summed E-state index contributed by atoms with van der Waals surface area (Å²) >= 11 is 0. The summed E-state index contributed by atoms with van der Waals surface area (Å²) in [5.74, 6) is 0.0489. The Bertz CT molecular complexity index is 1000. The molecule has 0 N–H and O–H groups in total. The second-order valence-corrected chi connectivity index (χ2v) is 21.4. The molecule has 4 atom stereocenters. The summed E-state index contributed by atoms with van der Waals surface area (Å²) in [6.07, 6.45) is 0.239. The maximum atomic E-state index is 12.6. The highest BCUT2D eigenvalue weighted by Crippen LogP contribution is 2.66. The molecule has 160 valence electrons. The molecule has 0 amide bonds. The van der Waals surface area contributed by atoms with Gasteiger partial charge in [0.15, 0.2) is 0 Å². The average molecular weight is 439 g/mol. The second kappa shape index (κ2) is 7.18. The maximum Gasteiger partial charge on any atom is 0.338 e. The van der Waals surface area contributed by atoms with Crippen LogP contribution in [0.15, 0.2) is 36.4 Å². The average Bonchev–Trinajstić information content (AvgIpc) is 3.23. The molecule has 4 unspecified atom stereocenters. The fraction of sp³-hybridized carbons (Fsp3) is 0.480. The van der Waals surface area contributed by atoms with Crippen molar-refractivity contribution in [2.75, 3.05) is 7.11 Å². The van der Waals surface area contributed by atoms with Crippen molar-refractivity contribution in [3.05, 3.63) is 64.2 Å². The first kappa shape index (κ1) is 21.5. The Hall–Kier alpha value is -1.70. The maximum absolute atomic E-state index is 12.6. The number of hydrogen-bond donors (Lipinski definition) is 0. The summed E-state index contributed by atoms with van der Waals surface area (Å²) in [5.41, 5.74) is 6.35. The summed E-state index contributed by atoms with van der Waals surface area (Å²) < 4.78 is 11.9. The Balaban J connectivity index is 2.00.